The van der Waals surface area contributed by atoms with Gasteiger partial charge in [0.15, 0.2) is 5.78 Å². The summed E-state index contributed by atoms with van der Waals surface area (Å²) in [6.45, 7) is 1.55. The molecule has 1 atom stereocenters. The van der Waals surface area contributed by atoms with Crippen molar-refractivity contribution in [3.05, 3.63) is 83.9 Å². The van der Waals surface area contributed by atoms with Gasteiger partial charge in [-0.05, 0) is 23.3 Å². The highest BCUT2D eigenvalue weighted by molar-refractivity contribution is 6.00. The molecular weight excluding hydrogens is 284 g/mol. The van der Waals surface area contributed by atoms with Crippen molar-refractivity contribution in [3.8, 4) is 0 Å². The van der Waals surface area contributed by atoms with Crippen molar-refractivity contribution >= 4 is 22.3 Å². The molecule has 0 aliphatic rings. The molecule has 23 heavy (non-hydrogen) atoms. The summed E-state index contributed by atoms with van der Waals surface area (Å²) < 4.78 is 0. The van der Waals surface area contributed by atoms with Gasteiger partial charge in [0, 0.05) is 17.9 Å². The molecule has 3 aromatic rings. The molecular formula is C21H18O2. The number of fused-ring (bicyclic) bond motifs is 1. The molecule has 114 valence electrons. The lowest BCUT2D eigenvalue weighted by atomic mass is 9.87. The van der Waals surface area contributed by atoms with Gasteiger partial charge in [0.05, 0.1) is 0 Å². The number of carbonyl (C=O) groups excluding carboxylic acids is 2. The molecule has 0 N–H and O–H groups in total. The van der Waals surface area contributed by atoms with Gasteiger partial charge in [0.1, 0.15) is 5.78 Å². The van der Waals surface area contributed by atoms with Gasteiger partial charge < -0.3 is 0 Å². The van der Waals surface area contributed by atoms with Crippen molar-refractivity contribution in [2.75, 3.05) is 0 Å². The molecule has 0 aliphatic heterocycles. The van der Waals surface area contributed by atoms with Crippen molar-refractivity contribution in [3.63, 3.8) is 0 Å². The maximum absolute atomic E-state index is 12.4. The van der Waals surface area contributed by atoms with Crippen LogP contribution in [0.3, 0.4) is 0 Å². The molecule has 0 aliphatic carbocycles. The third-order valence-electron chi connectivity index (χ3n) is 4.15. The van der Waals surface area contributed by atoms with E-state index in [1.165, 1.54) is 0 Å². The third kappa shape index (κ3) is 3.37. The second-order valence-corrected chi connectivity index (χ2v) is 5.76. The van der Waals surface area contributed by atoms with Gasteiger partial charge in [0.25, 0.3) is 0 Å². The highest BCUT2D eigenvalue weighted by Crippen LogP contribution is 2.26. The van der Waals surface area contributed by atoms with E-state index in [1.54, 1.807) is 19.1 Å². The van der Waals surface area contributed by atoms with Gasteiger partial charge in [0.2, 0.25) is 0 Å². The van der Waals surface area contributed by atoms with Gasteiger partial charge in [-0.3, -0.25) is 9.59 Å². The van der Waals surface area contributed by atoms with Gasteiger partial charge in [-0.2, -0.15) is 0 Å². The molecule has 0 fully saturated rings. The SMILES string of the molecule is CC(=O)C(CC(=O)c1ccccc1)c1ccc2ccccc2c1. The lowest BCUT2D eigenvalue weighted by molar-refractivity contribution is -0.118. The van der Waals surface area contributed by atoms with Crippen LogP contribution in [-0.2, 0) is 4.79 Å². The summed E-state index contributed by atoms with van der Waals surface area (Å²) in [6, 6.07) is 23.1. The van der Waals surface area contributed by atoms with E-state index in [4.69, 9.17) is 0 Å². The maximum Gasteiger partial charge on any atom is 0.163 e. The zero-order chi connectivity index (χ0) is 16.2. The Morgan fingerprint density at radius 1 is 0.826 bits per heavy atom. The summed E-state index contributed by atoms with van der Waals surface area (Å²) in [4.78, 5) is 24.5. The molecule has 2 heteroatoms. The zero-order valence-electron chi connectivity index (χ0n) is 13.0. The van der Waals surface area contributed by atoms with Crippen molar-refractivity contribution in [1.29, 1.82) is 0 Å². The molecule has 0 spiro atoms. The van der Waals surface area contributed by atoms with Crippen LogP contribution in [-0.4, -0.2) is 11.6 Å². The van der Waals surface area contributed by atoms with Gasteiger partial charge in [-0.25, -0.2) is 0 Å². The summed E-state index contributed by atoms with van der Waals surface area (Å²) in [5.41, 5.74) is 1.56. The number of benzene rings is 3. The minimum atomic E-state index is -0.396. The fourth-order valence-electron chi connectivity index (χ4n) is 2.85. The van der Waals surface area contributed by atoms with Crippen LogP contribution in [0.1, 0.15) is 35.2 Å². The van der Waals surface area contributed by atoms with Gasteiger partial charge in [-0.15, -0.1) is 0 Å². The molecule has 3 aromatic carbocycles. The molecule has 0 bridgehead atoms. The molecule has 3 rings (SSSR count). The summed E-state index contributed by atoms with van der Waals surface area (Å²) in [7, 11) is 0. The number of ketones is 2. The molecule has 0 saturated heterocycles. The first kappa shape index (κ1) is 15.2. The number of hydrogen-bond donors (Lipinski definition) is 0. The van der Waals surface area contributed by atoms with Gasteiger partial charge in [-0.1, -0.05) is 72.8 Å². The van der Waals surface area contributed by atoms with E-state index in [2.05, 4.69) is 0 Å². The summed E-state index contributed by atoms with van der Waals surface area (Å²) >= 11 is 0. The molecule has 2 nitrogen and oxygen atoms in total. The Bertz CT molecular complexity index is 850. The Hall–Kier alpha value is -2.74. The van der Waals surface area contributed by atoms with Crippen LogP contribution < -0.4 is 0 Å². The highest BCUT2D eigenvalue weighted by atomic mass is 16.1. The lowest BCUT2D eigenvalue weighted by Gasteiger charge is -2.14. The summed E-state index contributed by atoms with van der Waals surface area (Å²) in [5, 5.41) is 2.22. The monoisotopic (exact) mass is 302 g/mol. The molecule has 0 heterocycles. The number of rotatable bonds is 5. The summed E-state index contributed by atoms with van der Waals surface area (Å²) in [6.07, 6.45) is 0.206. The fraction of sp³-hybridized carbons (Fsp3) is 0.143. The first-order valence-corrected chi connectivity index (χ1v) is 7.72. The Labute approximate surface area is 135 Å². The van der Waals surface area contributed by atoms with Crippen LogP contribution in [0, 0.1) is 0 Å². The molecule has 0 aromatic heterocycles. The normalized spacial score (nSPS) is 12.0. The maximum atomic E-state index is 12.4. The molecule has 0 radical (unpaired) electrons. The van der Waals surface area contributed by atoms with Crippen LogP contribution in [0.2, 0.25) is 0 Å². The van der Waals surface area contributed by atoms with E-state index in [9.17, 15) is 9.59 Å². The van der Waals surface area contributed by atoms with E-state index >= 15 is 0 Å². The fourth-order valence-corrected chi connectivity index (χ4v) is 2.85. The van der Waals surface area contributed by atoms with Crippen molar-refractivity contribution in [2.45, 2.75) is 19.3 Å². The van der Waals surface area contributed by atoms with E-state index in [0.717, 1.165) is 16.3 Å². The Balaban J connectivity index is 1.91. The van der Waals surface area contributed by atoms with Crippen LogP contribution in [0.5, 0.6) is 0 Å². The molecule has 0 saturated carbocycles. The lowest BCUT2D eigenvalue weighted by Crippen LogP contribution is -2.14. The van der Waals surface area contributed by atoms with E-state index in [-0.39, 0.29) is 18.0 Å². The van der Waals surface area contributed by atoms with Crippen LogP contribution >= 0.6 is 0 Å². The zero-order valence-corrected chi connectivity index (χ0v) is 13.0. The topological polar surface area (TPSA) is 34.1 Å². The third-order valence-corrected chi connectivity index (χ3v) is 4.15. The molecule has 0 amide bonds. The minimum absolute atomic E-state index is 0.000964. The molecule has 1 unspecified atom stereocenters. The average molecular weight is 302 g/mol. The smallest absolute Gasteiger partial charge is 0.163 e. The van der Waals surface area contributed by atoms with Crippen molar-refractivity contribution < 1.29 is 9.59 Å². The van der Waals surface area contributed by atoms with Crippen LogP contribution in [0.15, 0.2) is 72.8 Å². The largest absolute Gasteiger partial charge is 0.299 e. The summed E-state index contributed by atoms with van der Waals surface area (Å²) in [5.74, 6) is -0.379. The van der Waals surface area contributed by atoms with Crippen LogP contribution in [0.25, 0.3) is 10.8 Å². The standard InChI is InChI=1S/C21H18O2/c1-15(22)20(14-21(23)17-8-3-2-4-9-17)19-12-11-16-7-5-6-10-18(16)13-19/h2-13,20H,14H2,1H3. The van der Waals surface area contributed by atoms with E-state index < -0.39 is 5.92 Å². The Morgan fingerprint density at radius 3 is 2.17 bits per heavy atom. The first-order chi connectivity index (χ1) is 11.1. The second kappa shape index (κ2) is 6.57. The second-order valence-electron chi connectivity index (χ2n) is 5.76. The predicted octanol–water partition coefficient (Wildman–Crippen LogP) is 4.79. The Morgan fingerprint density at radius 2 is 1.48 bits per heavy atom. The average Bonchev–Trinajstić information content (AvgIpc) is 2.59. The van der Waals surface area contributed by atoms with Crippen LogP contribution in [0.4, 0.5) is 0 Å². The first-order valence-electron chi connectivity index (χ1n) is 7.72. The van der Waals surface area contributed by atoms with Gasteiger partial charge >= 0.3 is 0 Å². The quantitative estimate of drug-likeness (QED) is 0.635. The van der Waals surface area contributed by atoms with Crippen molar-refractivity contribution in [1.82, 2.24) is 0 Å². The van der Waals surface area contributed by atoms with E-state index in [1.807, 2.05) is 60.7 Å². The van der Waals surface area contributed by atoms with Crippen molar-refractivity contribution in [2.24, 2.45) is 0 Å². The number of carbonyl (C=O) groups is 2. The highest BCUT2D eigenvalue weighted by Gasteiger charge is 2.21. The number of Topliss-reactive ketones (excluding diaryl/α,β-unsaturated/α-hetero) is 2. The number of hydrogen-bond acceptors (Lipinski definition) is 2. The minimum Gasteiger partial charge on any atom is -0.299 e. The van der Waals surface area contributed by atoms with E-state index in [0.29, 0.717) is 5.56 Å². The predicted molar refractivity (Wildman–Crippen MR) is 92.8 cm³/mol. The Kier molecular flexibility index (Phi) is 4.33.